The molecule has 0 spiro atoms. The van der Waals surface area contributed by atoms with E-state index in [-0.39, 0.29) is 0 Å². The van der Waals surface area contributed by atoms with Crippen molar-refractivity contribution in [2.24, 2.45) is 0 Å². The lowest BCUT2D eigenvalue weighted by Gasteiger charge is -2.17. The molecule has 0 aromatic heterocycles. The number of rotatable bonds is 11. The molecule has 4 nitrogen and oxygen atoms in total. The van der Waals surface area contributed by atoms with Gasteiger partial charge in [-0.3, -0.25) is 4.52 Å². The topological polar surface area (TPSA) is 36.9 Å². The fourth-order valence-corrected chi connectivity index (χ4v) is 2.68. The van der Waals surface area contributed by atoms with Gasteiger partial charge in [-0.05, 0) is 30.7 Å². The van der Waals surface area contributed by atoms with Crippen molar-refractivity contribution in [2.45, 2.75) is 19.8 Å². The zero-order chi connectivity index (χ0) is 16.2. The van der Waals surface area contributed by atoms with Gasteiger partial charge < -0.3 is 13.8 Å². The molecule has 0 amide bonds. The highest BCUT2D eigenvalue weighted by atomic mass is 31.2. The van der Waals surface area contributed by atoms with Gasteiger partial charge in [0.15, 0.2) is 0 Å². The van der Waals surface area contributed by atoms with Crippen molar-refractivity contribution in [2.75, 3.05) is 19.8 Å². The Labute approximate surface area is 139 Å². The van der Waals surface area contributed by atoms with Crippen molar-refractivity contribution in [3.8, 4) is 11.5 Å². The third-order valence-corrected chi connectivity index (χ3v) is 4.03. The Morgan fingerprint density at radius 3 is 1.83 bits per heavy atom. The van der Waals surface area contributed by atoms with E-state index in [9.17, 15) is 0 Å². The van der Waals surface area contributed by atoms with Crippen LogP contribution in [0.15, 0.2) is 60.7 Å². The molecule has 0 aliphatic heterocycles. The van der Waals surface area contributed by atoms with E-state index in [0.717, 1.165) is 30.9 Å². The van der Waals surface area contributed by atoms with Gasteiger partial charge in [-0.2, -0.15) is 0 Å². The second-order valence-electron chi connectivity index (χ2n) is 4.83. The predicted octanol–water partition coefficient (Wildman–Crippen LogP) is 5.20. The minimum Gasteiger partial charge on any atom is -0.418 e. The number of hydrogen-bond acceptors (Lipinski definition) is 4. The van der Waals surface area contributed by atoms with Crippen molar-refractivity contribution in [3.05, 3.63) is 60.7 Å². The highest BCUT2D eigenvalue weighted by molar-refractivity contribution is 7.42. The van der Waals surface area contributed by atoms with E-state index in [1.54, 1.807) is 0 Å². The number of hydrogen-bond donors (Lipinski definition) is 0. The van der Waals surface area contributed by atoms with Crippen molar-refractivity contribution < 1.29 is 18.3 Å². The molecule has 2 aromatic carbocycles. The summed E-state index contributed by atoms with van der Waals surface area (Å²) in [6.07, 6.45) is 2.19. The smallest absolute Gasteiger partial charge is 0.418 e. The molecule has 23 heavy (non-hydrogen) atoms. The van der Waals surface area contributed by atoms with Crippen LogP contribution in [0.25, 0.3) is 0 Å². The van der Waals surface area contributed by atoms with Crippen LogP contribution in [0.5, 0.6) is 11.5 Å². The van der Waals surface area contributed by atoms with E-state index in [1.807, 2.05) is 60.7 Å². The van der Waals surface area contributed by atoms with Gasteiger partial charge in [0.25, 0.3) is 0 Å². The first-order chi connectivity index (χ1) is 11.4. The Balaban J connectivity index is 1.83. The summed E-state index contributed by atoms with van der Waals surface area (Å²) in [5.74, 6) is 1.45. The van der Waals surface area contributed by atoms with Crippen LogP contribution in [-0.4, -0.2) is 19.8 Å². The molecule has 0 saturated heterocycles. The standard InChI is InChI=1S/C18H23O4P/c1-2-3-14-19-15-16-20-23(21-17-10-6-4-7-11-17)22-18-12-8-5-9-13-18/h4-13H,2-3,14-16H2,1H3. The summed E-state index contributed by atoms with van der Waals surface area (Å²) in [4.78, 5) is 0. The van der Waals surface area contributed by atoms with Crippen LogP contribution >= 0.6 is 8.60 Å². The van der Waals surface area contributed by atoms with Gasteiger partial charge >= 0.3 is 8.60 Å². The molecule has 2 aromatic rings. The molecule has 5 heteroatoms. The lowest BCUT2D eigenvalue weighted by Crippen LogP contribution is -2.07. The Morgan fingerprint density at radius 1 is 0.739 bits per heavy atom. The first-order valence-electron chi connectivity index (χ1n) is 7.85. The SMILES string of the molecule is CCCCOCCOP(Oc1ccccc1)Oc1ccccc1. The minimum absolute atomic E-state index is 0.440. The molecule has 0 heterocycles. The summed E-state index contributed by atoms with van der Waals surface area (Å²) in [6.45, 7) is 3.88. The summed E-state index contributed by atoms with van der Waals surface area (Å²) in [6, 6.07) is 19.1. The summed E-state index contributed by atoms with van der Waals surface area (Å²) in [5, 5.41) is 0. The molecule has 0 N–H and O–H groups in total. The molecule has 0 fully saturated rings. The van der Waals surface area contributed by atoms with Gasteiger partial charge in [-0.15, -0.1) is 0 Å². The molecular formula is C18H23O4P. The molecular weight excluding hydrogens is 311 g/mol. The lowest BCUT2D eigenvalue weighted by atomic mass is 10.3. The molecule has 0 aliphatic rings. The summed E-state index contributed by atoms with van der Waals surface area (Å²) in [5.41, 5.74) is 0. The van der Waals surface area contributed by atoms with Crippen LogP contribution < -0.4 is 9.05 Å². The molecule has 124 valence electrons. The molecule has 0 aliphatic carbocycles. The Morgan fingerprint density at radius 2 is 1.30 bits per heavy atom. The van der Waals surface area contributed by atoms with Crippen LogP contribution in [0.3, 0.4) is 0 Å². The van der Waals surface area contributed by atoms with Gasteiger partial charge in [0.1, 0.15) is 11.5 Å². The normalized spacial score (nSPS) is 10.7. The third kappa shape index (κ3) is 7.47. The molecule has 2 rings (SSSR count). The average Bonchev–Trinajstić information content (AvgIpc) is 2.60. The fourth-order valence-electron chi connectivity index (χ4n) is 1.73. The number of ether oxygens (including phenoxy) is 1. The molecule has 0 saturated carbocycles. The minimum atomic E-state index is -1.52. The van der Waals surface area contributed by atoms with Gasteiger partial charge in [0, 0.05) is 6.61 Å². The zero-order valence-corrected chi connectivity index (χ0v) is 14.3. The van der Waals surface area contributed by atoms with Crippen molar-refractivity contribution in [1.29, 1.82) is 0 Å². The van der Waals surface area contributed by atoms with E-state index in [2.05, 4.69) is 6.92 Å². The molecule has 0 bridgehead atoms. The first kappa shape index (κ1) is 17.7. The predicted molar refractivity (Wildman–Crippen MR) is 92.7 cm³/mol. The van der Waals surface area contributed by atoms with Crippen LogP contribution in [0.4, 0.5) is 0 Å². The molecule has 0 unspecified atom stereocenters. The quantitative estimate of drug-likeness (QED) is 0.418. The number of para-hydroxylation sites is 2. The van der Waals surface area contributed by atoms with Gasteiger partial charge in [-0.25, -0.2) is 0 Å². The maximum Gasteiger partial charge on any atom is 0.463 e. The largest absolute Gasteiger partial charge is 0.463 e. The van der Waals surface area contributed by atoms with Gasteiger partial charge in [-0.1, -0.05) is 49.7 Å². The Bertz CT molecular complexity index is 480. The summed E-state index contributed by atoms with van der Waals surface area (Å²) < 4.78 is 22.8. The van der Waals surface area contributed by atoms with Crippen molar-refractivity contribution >= 4 is 8.60 Å². The average molecular weight is 334 g/mol. The lowest BCUT2D eigenvalue weighted by molar-refractivity contribution is 0.0944. The maximum absolute atomic E-state index is 5.81. The Kier molecular flexibility index (Phi) is 8.49. The monoisotopic (exact) mass is 334 g/mol. The number of unbranched alkanes of at least 4 members (excludes halogenated alkanes) is 1. The van der Waals surface area contributed by atoms with Crippen molar-refractivity contribution in [3.63, 3.8) is 0 Å². The van der Waals surface area contributed by atoms with Crippen LogP contribution in [0.1, 0.15) is 19.8 Å². The summed E-state index contributed by atoms with van der Waals surface area (Å²) >= 11 is 0. The van der Waals surface area contributed by atoms with Gasteiger partial charge in [0.2, 0.25) is 0 Å². The highest BCUT2D eigenvalue weighted by Crippen LogP contribution is 2.41. The highest BCUT2D eigenvalue weighted by Gasteiger charge is 2.17. The second kappa shape index (κ2) is 11.0. The summed E-state index contributed by atoms with van der Waals surface area (Å²) in [7, 11) is -1.52. The first-order valence-corrected chi connectivity index (χ1v) is 8.95. The van der Waals surface area contributed by atoms with E-state index in [0.29, 0.717) is 13.2 Å². The van der Waals surface area contributed by atoms with Gasteiger partial charge in [0.05, 0.1) is 13.2 Å². The van der Waals surface area contributed by atoms with Crippen molar-refractivity contribution in [1.82, 2.24) is 0 Å². The Hall–Kier alpha value is -1.61. The number of benzene rings is 2. The van der Waals surface area contributed by atoms with E-state index in [4.69, 9.17) is 18.3 Å². The second-order valence-corrected chi connectivity index (χ2v) is 5.90. The van der Waals surface area contributed by atoms with E-state index < -0.39 is 8.60 Å². The molecule has 0 atom stereocenters. The molecule has 0 radical (unpaired) electrons. The van der Waals surface area contributed by atoms with E-state index >= 15 is 0 Å². The fraction of sp³-hybridized carbons (Fsp3) is 0.333. The maximum atomic E-state index is 5.81. The zero-order valence-electron chi connectivity index (χ0n) is 13.4. The van der Waals surface area contributed by atoms with Crippen LogP contribution in [0.2, 0.25) is 0 Å². The van der Waals surface area contributed by atoms with Crippen LogP contribution in [0, 0.1) is 0 Å². The van der Waals surface area contributed by atoms with E-state index in [1.165, 1.54) is 0 Å². The third-order valence-electron chi connectivity index (χ3n) is 2.91. The van der Waals surface area contributed by atoms with Crippen LogP contribution in [-0.2, 0) is 9.26 Å².